The van der Waals surface area contributed by atoms with E-state index in [1.165, 1.54) is 12.1 Å². The van der Waals surface area contributed by atoms with E-state index in [2.05, 4.69) is 23.6 Å². The van der Waals surface area contributed by atoms with E-state index < -0.39 is 6.36 Å². The van der Waals surface area contributed by atoms with Gasteiger partial charge in [-0.15, -0.1) is 13.2 Å². The van der Waals surface area contributed by atoms with Crippen LogP contribution in [0.2, 0.25) is 5.02 Å². The van der Waals surface area contributed by atoms with Gasteiger partial charge in [-0.2, -0.15) is 0 Å². The van der Waals surface area contributed by atoms with E-state index in [0.717, 1.165) is 23.2 Å². The van der Waals surface area contributed by atoms with Gasteiger partial charge in [-0.3, -0.25) is 4.99 Å². The Balaban J connectivity index is 0.000000387. The Morgan fingerprint density at radius 2 is 1.83 bits per heavy atom. The molecule has 2 aromatic carbocycles. The van der Waals surface area contributed by atoms with Crippen molar-refractivity contribution in [3.8, 4) is 5.75 Å². The molecule has 0 bridgehead atoms. The van der Waals surface area contributed by atoms with Crippen LogP contribution in [0.25, 0.3) is 5.70 Å². The third kappa shape index (κ3) is 9.52. The average Bonchev–Trinajstić information content (AvgIpc) is 2.65. The zero-order valence-electron chi connectivity index (χ0n) is 16.9. The molecule has 0 aliphatic carbocycles. The molecule has 2 aromatic rings. The van der Waals surface area contributed by atoms with Crippen molar-refractivity contribution in [2.45, 2.75) is 40.5 Å². The van der Waals surface area contributed by atoms with Crippen molar-refractivity contribution < 1.29 is 17.9 Å². The summed E-state index contributed by atoms with van der Waals surface area (Å²) >= 11 is 5.69. The number of nitrogen functional groups attached to an aromatic ring is 1. The SMILES string of the molecule is C/C=C(\N=CC(C)CC)c1ccc(OC(F)(F)F)cc1.Cc1ccc(N)c(Cl)c1. The van der Waals surface area contributed by atoms with Gasteiger partial charge in [-0.1, -0.05) is 37.6 Å². The number of aliphatic imine (C=N–C) groups is 1. The topological polar surface area (TPSA) is 47.6 Å². The first-order chi connectivity index (χ1) is 13.6. The lowest BCUT2D eigenvalue weighted by atomic mass is 10.1. The van der Waals surface area contributed by atoms with Crippen LogP contribution in [0, 0.1) is 12.8 Å². The van der Waals surface area contributed by atoms with Crippen LogP contribution in [-0.4, -0.2) is 12.6 Å². The predicted molar refractivity (Wildman–Crippen MR) is 115 cm³/mol. The highest BCUT2D eigenvalue weighted by Crippen LogP contribution is 2.25. The molecule has 3 nitrogen and oxygen atoms in total. The van der Waals surface area contributed by atoms with Crippen molar-refractivity contribution in [3.63, 3.8) is 0 Å². The molecule has 0 aliphatic rings. The van der Waals surface area contributed by atoms with Crippen molar-refractivity contribution in [1.82, 2.24) is 0 Å². The first-order valence-corrected chi connectivity index (χ1v) is 9.51. The highest BCUT2D eigenvalue weighted by molar-refractivity contribution is 6.33. The number of alkyl halides is 3. The van der Waals surface area contributed by atoms with Crippen molar-refractivity contribution in [2.75, 3.05) is 5.73 Å². The Morgan fingerprint density at radius 3 is 2.28 bits per heavy atom. The van der Waals surface area contributed by atoms with Gasteiger partial charge in [0.05, 0.1) is 16.4 Å². The zero-order valence-corrected chi connectivity index (χ0v) is 17.7. The summed E-state index contributed by atoms with van der Waals surface area (Å²) < 4.78 is 40.0. The summed E-state index contributed by atoms with van der Waals surface area (Å²) in [6.45, 7) is 7.93. The van der Waals surface area contributed by atoms with Crippen LogP contribution in [-0.2, 0) is 0 Å². The van der Waals surface area contributed by atoms with E-state index in [0.29, 0.717) is 16.6 Å². The van der Waals surface area contributed by atoms with Gasteiger partial charge in [0.25, 0.3) is 0 Å². The monoisotopic (exact) mass is 426 g/mol. The Bertz CT molecular complexity index is 831. The number of hydrogen-bond donors (Lipinski definition) is 1. The quantitative estimate of drug-likeness (QED) is 0.403. The van der Waals surface area contributed by atoms with Gasteiger partial charge < -0.3 is 10.5 Å². The molecule has 0 heterocycles. The molecule has 1 unspecified atom stereocenters. The number of anilines is 1. The Morgan fingerprint density at radius 1 is 1.21 bits per heavy atom. The minimum atomic E-state index is -4.67. The van der Waals surface area contributed by atoms with Crippen LogP contribution in [0.5, 0.6) is 5.75 Å². The molecule has 0 amide bonds. The number of allylic oxidation sites excluding steroid dienone is 1. The minimum Gasteiger partial charge on any atom is -0.406 e. The summed E-state index contributed by atoms with van der Waals surface area (Å²) in [7, 11) is 0. The summed E-state index contributed by atoms with van der Waals surface area (Å²) in [4.78, 5) is 4.36. The maximum Gasteiger partial charge on any atom is 0.573 e. The molecule has 2 rings (SSSR count). The number of nitrogens with two attached hydrogens (primary N) is 1. The molecular formula is C22H26ClF3N2O. The van der Waals surface area contributed by atoms with Gasteiger partial charge in [0.1, 0.15) is 5.75 Å². The molecule has 0 saturated heterocycles. The summed E-state index contributed by atoms with van der Waals surface area (Å²) in [6.07, 6.45) is -0.0214. The number of benzene rings is 2. The molecular weight excluding hydrogens is 401 g/mol. The number of nitrogens with zero attached hydrogens (tertiary/aromatic N) is 1. The van der Waals surface area contributed by atoms with Crippen LogP contribution in [0.3, 0.4) is 0 Å². The third-order valence-corrected chi connectivity index (χ3v) is 4.25. The van der Waals surface area contributed by atoms with Gasteiger partial charge in [0, 0.05) is 11.8 Å². The standard InChI is InChI=1S/C15H18F3NO.C7H8ClN/c1-4-11(3)10-19-14(5-2)12-6-8-13(9-7-12)20-15(16,17)18;1-5-2-3-7(9)6(8)4-5/h5-11H,4H2,1-3H3;2-4H,9H2,1H3/b14-5-,19-10?;. The van der Waals surface area contributed by atoms with Crippen LogP contribution in [0.1, 0.15) is 38.3 Å². The van der Waals surface area contributed by atoms with E-state index in [1.54, 1.807) is 18.2 Å². The normalized spacial score (nSPS) is 13.0. The molecule has 0 radical (unpaired) electrons. The summed E-state index contributed by atoms with van der Waals surface area (Å²) in [5, 5.41) is 0.634. The smallest absolute Gasteiger partial charge is 0.406 e. The number of aryl methyl sites for hydroxylation is 1. The largest absolute Gasteiger partial charge is 0.573 e. The second kappa shape index (κ2) is 11.5. The molecule has 158 valence electrons. The molecule has 0 aromatic heterocycles. The maximum atomic E-state index is 12.1. The van der Waals surface area contributed by atoms with E-state index in [1.807, 2.05) is 38.3 Å². The highest BCUT2D eigenvalue weighted by atomic mass is 35.5. The summed E-state index contributed by atoms with van der Waals surface area (Å²) in [5.74, 6) is 0.125. The molecule has 0 spiro atoms. The molecule has 2 N–H and O–H groups in total. The molecule has 0 saturated carbocycles. The number of hydrogen-bond acceptors (Lipinski definition) is 3. The van der Waals surface area contributed by atoms with Crippen LogP contribution >= 0.6 is 11.6 Å². The van der Waals surface area contributed by atoms with Crippen molar-refractivity contribution in [1.29, 1.82) is 0 Å². The molecule has 7 heteroatoms. The van der Waals surface area contributed by atoms with E-state index in [9.17, 15) is 13.2 Å². The number of halogens is 4. The van der Waals surface area contributed by atoms with Crippen molar-refractivity contribution in [2.24, 2.45) is 10.9 Å². The maximum absolute atomic E-state index is 12.1. The number of rotatable bonds is 5. The van der Waals surface area contributed by atoms with Crippen molar-refractivity contribution >= 4 is 29.2 Å². The van der Waals surface area contributed by atoms with Gasteiger partial charge in [-0.25, -0.2) is 0 Å². The fourth-order valence-electron chi connectivity index (χ4n) is 2.09. The fourth-order valence-corrected chi connectivity index (χ4v) is 2.32. The van der Waals surface area contributed by atoms with E-state index >= 15 is 0 Å². The van der Waals surface area contributed by atoms with Crippen LogP contribution < -0.4 is 10.5 Å². The first-order valence-electron chi connectivity index (χ1n) is 9.14. The van der Waals surface area contributed by atoms with Gasteiger partial charge in [0.15, 0.2) is 0 Å². The minimum absolute atomic E-state index is 0.234. The molecule has 29 heavy (non-hydrogen) atoms. The zero-order chi connectivity index (χ0) is 22.0. The first kappa shape index (κ1) is 24.6. The van der Waals surface area contributed by atoms with Gasteiger partial charge >= 0.3 is 6.36 Å². The van der Waals surface area contributed by atoms with Crippen LogP contribution in [0.15, 0.2) is 53.5 Å². The van der Waals surface area contributed by atoms with Gasteiger partial charge in [-0.05, 0) is 68.1 Å². The second-order valence-electron chi connectivity index (χ2n) is 6.43. The highest BCUT2D eigenvalue weighted by Gasteiger charge is 2.30. The number of ether oxygens (including phenoxy) is 1. The van der Waals surface area contributed by atoms with Crippen molar-refractivity contribution in [3.05, 3.63) is 64.7 Å². The predicted octanol–water partition coefficient (Wildman–Crippen LogP) is 7.29. The lowest BCUT2D eigenvalue weighted by molar-refractivity contribution is -0.274. The third-order valence-electron chi connectivity index (χ3n) is 3.93. The lowest BCUT2D eigenvalue weighted by Gasteiger charge is -2.09. The second-order valence-corrected chi connectivity index (χ2v) is 6.84. The average molecular weight is 427 g/mol. The Kier molecular flexibility index (Phi) is 9.75. The summed E-state index contributed by atoms with van der Waals surface area (Å²) in [6, 6.07) is 11.3. The fraction of sp³-hybridized carbons (Fsp3) is 0.318. The van der Waals surface area contributed by atoms with Gasteiger partial charge in [0.2, 0.25) is 0 Å². The van der Waals surface area contributed by atoms with E-state index in [4.69, 9.17) is 17.3 Å². The molecule has 0 aliphatic heterocycles. The Hall–Kier alpha value is -2.47. The van der Waals surface area contributed by atoms with E-state index in [-0.39, 0.29) is 5.75 Å². The van der Waals surface area contributed by atoms with Crippen LogP contribution in [0.4, 0.5) is 18.9 Å². The summed E-state index contributed by atoms with van der Waals surface area (Å²) in [5.41, 5.74) is 8.71. The molecule has 0 fully saturated rings. The Labute approximate surface area is 175 Å². The lowest BCUT2D eigenvalue weighted by Crippen LogP contribution is -2.16. The molecule has 1 atom stereocenters.